The zero-order chi connectivity index (χ0) is 19.0. The molecule has 0 aromatic carbocycles. The summed E-state index contributed by atoms with van der Waals surface area (Å²) in [4.78, 5) is 24.2. The lowest BCUT2D eigenvalue weighted by Crippen LogP contribution is -2.54. The fourth-order valence-electron chi connectivity index (χ4n) is 2.13. The lowest BCUT2D eigenvalue weighted by atomic mass is 9.97. The Balaban J connectivity index is 5.05. The summed E-state index contributed by atoms with van der Waals surface area (Å²) < 4.78 is 10.6. The topological polar surface area (TPSA) is 76.7 Å². The van der Waals surface area contributed by atoms with Crippen molar-refractivity contribution in [3.05, 3.63) is 0 Å². The molecule has 0 aromatic rings. The number of ether oxygens (including phenoxy) is 2. The van der Waals surface area contributed by atoms with Crippen molar-refractivity contribution in [3.63, 3.8) is 0 Å². The summed E-state index contributed by atoms with van der Waals surface area (Å²) in [6.07, 6.45) is 0.956. The molecule has 0 aliphatic carbocycles. The molecule has 0 bridgehead atoms. The zero-order valence-electron chi connectivity index (χ0n) is 16.0. The van der Waals surface area contributed by atoms with Gasteiger partial charge in [-0.1, -0.05) is 29.3 Å². The number of halogens is 1. The Morgan fingerprint density at radius 1 is 0.917 bits per heavy atom. The van der Waals surface area contributed by atoms with Crippen LogP contribution in [0.15, 0.2) is 0 Å². The summed E-state index contributed by atoms with van der Waals surface area (Å²) >= 11 is 3.43. The summed E-state index contributed by atoms with van der Waals surface area (Å²) in [6, 6.07) is 0. The third-order valence-electron chi connectivity index (χ3n) is 2.96. The third kappa shape index (κ3) is 11.5. The van der Waals surface area contributed by atoms with Gasteiger partial charge < -0.3 is 20.1 Å². The van der Waals surface area contributed by atoms with Gasteiger partial charge >= 0.3 is 12.2 Å². The zero-order valence-corrected chi connectivity index (χ0v) is 17.6. The van der Waals surface area contributed by atoms with Gasteiger partial charge in [-0.05, 0) is 60.3 Å². The maximum atomic E-state index is 12.1. The van der Waals surface area contributed by atoms with Crippen molar-refractivity contribution in [2.45, 2.75) is 85.1 Å². The lowest BCUT2D eigenvalue weighted by Gasteiger charge is -2.30. The van der Waals surface area contributed by atoms with Crippen molar-refractivity contribution >= 4 is 28.1 Å². The molecular formula is C17H33BrN2O4. The van der Waals surface area contributed by atoms with Crippen LogP contribution >= 0.6 is 15.9 Å². The second kappa shape index (κ2) is 10.1. The molecule has 0 fully saturated rings. The molecule has 2 N–H and O–H groups in total. The highest BCUT2D eigenvalue weighted by Gasteiger charge is 2.28. The van der Waals surface area contributed by atoms with E-state index in [4.69, 9.17) is 9.47 Å². The first kappa shape index (κ1) is 23.0. The summed E-state index contributed by atoms with van der Waals surface area (Å²) in [5.74, 6) is 0.0782. The van der Waals surface area contributed by atoms with Crippen LogP contribution in [0.4, 0.5) is 9.59 Å². The molecule has 142 valence electrons. The smallest absolute Gasteiger partial charge is 0.409 e. The van der Waals surface area contributed by atoms with Crippen LogP contribution in [0.3, 0.4) is 0 Å². The number of nitrogens with one attached hydrogen (secondary N) is 2. The van der Waals surface area contributed by atoms with E-state index in [1.165, 1.54) is 0 Å². The van der Waals surface area contributed by atoms with Gasteiger partial charge in [0.15, 0.2) is 0 Å². The third-order valence-corrected chi connectivity index (χ3v) is 3.41. The first-order valence-electron chi connectivity index (χ1n) is 8.43. The molecule has 6 nitrogen and oxygen atoms in total. The summed E-state index contributed by atoms with van der Waals surface area (Å²) in [5, 5.41) is 6.31. The number of rotatable bonds is 7. The number of carbonyl (C=O) groups is 2. The highest BCUT2D eigenvalue weighted by atomic mass is 79.9. The van der Waals surface area contributed by atoms with Crippen molar-refractivity contribution < 1.29 is 19.1 Å². The van der Waals surface area contributed by atoms with Crippen LogP contribution in [0.2, 0.25) is 0 Å². The second-order valence-corrected chi connectivity index (χ2v) is 8.59. The van der Waals surface area contributed by atoms with Gasteiger partial charge in [0.05, 0.1) is 0 Å². The highest BCUT2D eigenvalue weighted by Crippen LogP contribution is 2.18. The molecule has 0 saturated carbocycles. The average Bonchev–Trinajstić information content (AvgIpc) is 2.33. The molecule has 24 heavy (non-hydrogen) atoms. The quantitative estimate of drug-likeness (QED) is 0.477. The maximum absolute atomic E-state index is 12.1. The molecule has 0 radical (unpaired) electrons. The van der Waals surface area contributed by atoms with Gasteiger partial charge in [0.2, 0.25) is 0 Å². The van der Waals surface area contributed by atoms with E-state index in [2.05, 4.69) is 33.5 Å². The lowest BCUT2D eigenvalue weighted by molar-refractivity contribution is 0.0383. The number of amides is 2. The van der Waals surface area contributed by atoms with Crippen molar-refractivity contribution in [2.24, 2.45) is 5.92 Å². The summed E-state index contributed by atoms with van der Waals surface area (Å²) in [7, 11) is 0. The van der Waals surface area contributed by atoms with Crippen molar-refractivity contribution in [1.82, 2.24) is 10.6 Å². The molecule has 1 unspecified atom stereocenters. The average molecular weight is 409 g/mol. The standard InChI is InChI=1S/C17H33BrN2O4/c1-8-9-12(10-11-18)13(19-14(21)23-16(2,3)4)20-15(22)24-17(5,6)7/h12-13H,8-11H2,1-7H3,(H,19,21)(H,20,22). The van der Waals surface area contributed by atoms with Crippen molar-refractivity contribution in [1.29, 1.82) is 0 Å². The molecule has 0 rings (SSSR count). The Bertz CT molecular complexity index is 366. The Morgan fingerprint density at radius 2 is 1.33 bits per heavy atom. The number of alkyl halides is 1. The van der Waals surface area contributed by atoms with E-state index in [9.17, 15) is 9.59 Å². The van der Waals surface area contributed by atoms with Crippen LogP contribution in [0, 0.1) is 5.92 Å². The molecule has 2 amide bonds. The minimum Gasteiger partial charge on any atom is -0.444 e. The fourth-order valence-corrected chi connectivity index (χ4v) is 2.72. The van der Waals surface area contributed by atoms with E-state index < -0.39 is 29.6 Å². The molecule has 0 spiro atoms. The van der Waals surface area contributed by atoms with Crippen LogP contribution in [-0.2, 0) is 9.47 Å². The summed E-state index contributed by atoms with van der Waals surface area (Å²) in [5.41, 5.74) is -1.20. The van der Waals surface area contributed by atoms with E-state index >= 15 is 0 Å². The van der Waals surface area contributed by atoms with E-state index in [-0.39, 0.29) is 5.92 Å². The highest BCUT2D eigenvalue weighted by molar-refractivity contribution is 9.09. The Kier molecular flexibility index (Phi) is 9.70. The monoisotopic (exact) mass is 408 g/mol. The number of hydrogen-bond acceptors (Lipinski definition) is 4. The van der Waals surface area contributed by atoms with Gasteiger partial charge in [-0.2, -0.15) is 0 Å². The van der Waals surface area contributed by atoms with Crippen LogP contribution in [0.1, 0.15) is 67.7 Å². The first-order chi connectivity index (χ1) is 10.9. The molecule has 7 heteroatoms. The number of hydrogen-bond donors (Lipinski definition) is 2. The SMILES string of the molecule is CCCC(CCBr)C(NC(=O)OC(C)(C)C)NC(=O)OC(C)(C)C. The first-order valence-corrected chi connectivity index (χ1v) is 9.55. The van der Waals surface area contributed by atoms with Gasteiger partial charge in [0, 0.05) is 5.33 Å². The Morgan fingerprint density at radius 3 is 1.62 bits per heavy atom. The van der Waals surface area contributed by atoms with Crippen molar-refractivity contribution in [2.75, 3.05) is 5.33 Å². The number of carbonyl (C=O) groups excluding carboxylic acids is 2. The van der Waals surface area contributed by atoms with E-state index in [0.717, 1.165) is 24.6 Å². The molecule has 0 aliphatic rings. The molecule has 1 atom stereocenters. The normalized spacial score (nSPS) is 13.4. The maximum Gasteiger partial charge on any atom is 0.409 e. The fraction of sp³-hybridized carbons (Fsp3) is 0.882. The van der Waals surface area contributed by atoms with Crippen LogP contribution in [0.25, 0.3) is 0 Å². The summed E-state index contributed by atoms with van der Waals surface area (Å²) in [6.45, 7) is 12.8. The molecule has 0 aromatic heterocycles. The second-order valence-electron chi connectivity index (χ2n) is 7.80. The van der Waals surface area contributed by atoms with E-state index in [1.54, 1.807) is 41.5 Å². The van der Waals surface area contributed by atoms with Gasteiger partial charge in [0.1, 0.15) is 17.4 Å². The Labute approximate surface area is 154 Å². The van der Waals surface area contributed by atoms with Crippen molar-refractivity contribution in [3.8, 4) is 0 Å². The minimum atomic E-state index is -0.601. The van der Waals surface area contributed by atoms with Gasteiger partial charge in [-0.25, -0.2) is 9.59 Å². The predicted molar refractivity (Wildman–Crippen MR) is 99.3 cm³/mol. The molecule has 0 heterocycles. The van der Waals surface area contributed by atoms with E-state index in [0.29, 0.717) is 0 Å². The number of alkyl carbamates (subject to hydrolysis) is 2. The van der Waals surface area contributed by atoms with Crippen LogP contribution in [-0.4, -0.2) is 34.9 Å². The van der Waals surface area contributed by atoms with Crippen LogP contribution < -0.4 is 10.6 Å². The van der Waals surface area contributed by atoms with Gasteiger partial charge in [-0.15, -0.1) is 0 Å². The van der Waals surface area contributed by atoms with Gasteiger partial charge in [-0.3, -0.25) is 0 Å². The Hall–Kier alpha value is -0.980. The largest absolute Gasteiger partial charge is 0.444 e. The molecule has 0 aliphatic heterocycles. The van der Waals surface area contributed by atoms with Crippen LogP contribution in [0.5, 0.6) is 0 Å². The predicted octanol–water partition coefficient (Wildman–Crippen LogP) is 4.56. The minimum absolute atomic E-state index is 0.0782. The van der Waals surface area contributed by atoms with Gasteiger partial charge in [0.25, 0.3) is 0 Å². The molecular weight excluding hydrogens is 376 g/mol. The van der Waals surface area contributed by atoms with E-state index in [1.807, 2.05) is 0 Å². The molecule has 0 saturated heterocycles.